The van der Waals surface area contributed by atoms with Crippen LogP contribution < -0.4 is 15.4 Å². The van der Waals surface area contributed by atoms with E-state index in [0.29, 0.717) is 0 Å². The highest BCUT2D eigenvalue weighted by Gasteiger charge is 2.57. The zero-order valence-electron chi connectivity index (χ0n) is 21.9. The topological polar surface area (TPSA) is 154 Å². The summed E-state index contributed by atoms with van der Waals surface area (Å²) in [5.74, 6) is -3.95. The van der Waals surface area contributed by atoms with Crippen molar-refractivity contribution in [3.63, 3.8) is 0 Å². The van der Waals surface area contributed by atoms with Gasteiger partial charge >= 0.3 is 12.1 Å². The summed E-state index contributed by atoms with van der Waals surface area (Å²) >= 11 is 0. The molecule has 4 amide bonds. The lowest BCUT2D eigenvalue weighted by Gasteiger charge is -2.35. The number of likely N-dealkylation sites (tertiary alicyclic amines) is 1. The van der Waals surface area contributed by atoms with E-state index in [1.54, 1.807) is 24.4 Å². The van der Waals surface area contributed by atoms with E-state index >= 15 is 0 Å². The van der Waals surface area contributed by atoms with Gasteiger partial charge in [0.25, 0.3) is 5.91 Å². The number of carbonyl (C=O) groups excluding carboxylic acids is 4. The number of likely N-dealkylation sites (N-methyl/N-ethyl adjacent to an activating group) is 1. The maximum Gasteiger partial charge on any atom is 0.471 e. The molecule has 1 saturated carbocycles. The number of aromatic nitrogens is 1. The number of halogens is 3. The molecule has 4 rings (SSSR count). The molecule has 2 fully saturated rings. The van der Waals surface area contributed by atoms with Gasteiger partial charge < -0.3 is 29.9 Å². The third kappa shape index (κ3) is 5.96. The molecule has 1 aromatic heterocycles. The van der Waals surface area contributed by atoms with Crippen LogP contribution in [0, 0.1) is 17.2 Å². The number of nitrogens with one attached hydrogen (secondary N) is 2. The molecule has 1 spiro atoms. The standard InChI is InChI=1S/C25H29F3N6O6/c1-3-39-12-16(31-23(38)25(26,27)28)20(35)33(2)17(9-14-6-7-14)21(36)34-13-24(10-15(34)11-29)22(37)32-19-18(40-24)5-4-8-30-19/h4-5,8,14-17H,3,6-7,9-10,12-13H2,1-2H3,(H,31,38)(H,30,32,37)/t15-,16-,17-,24+/m0/s1. The molecule has 0 aromatic carbocycles. The molecule has 2 aliphatic heterocycles. The van der Waals surface area contributed by atoms with E-state index in [0.717, 1.165) is 17.7 Å². The predicted octanol–water partition coefficient (Wildman–Crippen LogP) is 0.986. The summed E-state index contributed by atoms with van der Waals surface area (Å²) in [5, 5.41) is 14.2. The van der Waals surface area contributed by atoms with Crippen LogP contribution in [0.1, 0.15) is 32.6 Å². The van der Waals surface area contributed by atoms with E-state index in [4.69, 9.17) is 9.47 Å². The Balaban J connectivity index is 1.57. The van der Waals surface area contributed by atoms with Gasteiger partial charge in [-0.05, 0) is 31.4 Å². The first-order valence-corrected chi connectivity index (χ1v) is 12.8. The highest BCUT2D eigenvalue weighted by atomic mass is 19.4. The second-order valence-corrected chi connectivity index (χ2v) is 10.0. The predicted molar refractivity (Wildman–Crippen MR) is 130 cm³/mol. The Labute approximate surface area is 227 Å². The molecule has 0 bridgehead atoms. The van der Waals surface area contributed by atoms with Gasteiger partial charge in [0, 0.05) is 26.3 Å². The van der Waals surface area contributed by atoms with Gasteiger partial charge in [-0.1, -0.05) is 12.8 Å². The second-order valence-electron chi connectivity index (χ2n) is 10.0. The van der Waals surface area contributed by atoms with Crippen molar-refractivity contribution in [1.29, 1.82) is 5.26 Å². The van der Waals surface area contributed by atoms with Gasteiger partial charge in [0.1, 0.15) is 18.1 Å². The molecule has 2 N–H and O–H groups in total. The molecule has 1 saturated heterocycles. The molecule has 0 unspecified atom stereocenters. The molecule has 4 atom stereocenters. The molecule has 12 nitrogen and oxygen atoms in total. The first kappa shape index (κ1) is 29.1. The van der Waals surface area contributed by atoms with Gasteiger partial charge in [-0.3, -0.25) is 19.2 Å². The average molecular weight is 567 g/mol. The molecule has 40 heavy (non-hydrogen) atoms. The number of alkyl halides is 3. The summed E-state index contributed by atoms with van der Waals surface area (Å²) < 4.78 is 49.9. The first-order chi connectivity index (χ1) is 18.9. The fraction of sp³-hybridized carbons (Fsp3) is 0.600. The second kappa shape index (κ2) is 11.3. The molecule has 0 radical (unpaired) electrons. The Bertz CT molecular complexity index is 1220. The lowest BCUT2D eigenvalue weighted by Crippen LogP contribution is -2.59. The summed E-state index contributed by atoms with van der Waals surface area (Å²) in [6.07, 6.45) is -2.13. The Hall–Kier alpha value is -3.93. The van der Waals surface area contributed by atoms with Crippen LogP contribution in [-0.2, 0) is 23.9 Å². The van der Waals surface area contributed by atoms with Crippen LogP contribution in [0.5, 0.6) is 5.75 Å². The fourth-order valence-corrected chi connectivity index (χ4v) is 4.84. The number of fused-ring (bicyclic) bond motifs is 1. The van der Waals surface area contributed by atoms with Crippen molar-refractivity contribution in [2.75, 3.05) is 32.1 Å². The Kier molecular flexibility index (Phi) is 8.20. The van der Waals surface area contributed by atoms with Gasteiger partial charge in [0.15, 0.2) is 11.6 Å². The number of pyridine rings is 1. The SMILES string of the molecule is CCOC[C@H](NC(=O)C(F)(F)F)C(=O)N(C)[C@@H](CC1CC1)C(=O)N1C[C@@]2(C[C@H]1C#N)Oc1cccnc1NC2=O. The van der Waals surface area contributed by atoms with E-state index in [9.17, 15) is 37.6 Å². The van der Waals surface area contributed by atoms with Crippen LogP contribution in [0.2, 0.25) is 0 Å². The van der Waals surface area contributed by atoms with Crippen molar-refractivity contribution in [3.8, 4) is 11.8 Å². The van der Waals surface area contributed by atoms with E-state index in [-0.39, 0.29) is 43.5 Å². The van der Waals surface area contributed by atoms with E-state index in [1.165, 1.54) is 18.1 Å². The zero-order valence-corrected chi connectivity index (χ0v) is 21.9. The number of hydrogen-bond donors (Lipinski definition) is 2. The Morgan fingerprint density at radius 3 is 2.75 bits per heavy atom. The monoisotopic (exact) mass is 566 g/mol. The lowest BCUT2D eigenvalue weighted by molar-refractivity contribution is -0.175. The van der Waals surface area contributed by atoms with Crippen molar-refractivity contribution in [3.05, 3.63) is 18.3 Å². The van der Waals surface area contributed by atoms with Crippen LogP contribution in [-0.4, -0.2) is 95.1 Å². The number of nitriles is 1. The van der Waals surface area contributed by atoms with Crippen molar-refractivity contribution in [2.45, 2.75) is 62.5 Å². The van der Waals surface area contributed by atoms with Gasteiger partial charge in [-0.2, -0.15) is 18.4 Å². The van der Waals surface area contributed by atoms with E-state index in [1.807, 2.05) is 6.07 Å². The molecular formula is C25H29F3N6O6. The van der Waals surface area contributed by atoms with Gasteiger partial charge in [0.2, 0.25) is 17.4 Å². The largest absolute Gasteiger partial charge is 0.472 e. The molecule has 15 heteroatoms. The molecular weight excluding hydrogens is 537 g/mol. The average Bonchev–Trinajstić information content (AvgIpc) is 3.67. The van der Waals surface area contributed by atoms with E-state index < -0.39 is 60.1 Å². The number of nitrogens with zero attached hydrogens (tertiary/aromatic N) is 4. The van der Waals surface area contributed by atoms with Crippen molar-refractivity contribution in [2.24, 2.45) is 5.92 Å². The highest BCUT2D eigenvalue weighted by Crippen LogP contribution is 2.40. The highest BCUT2D eigenvalue weighted by molar-refractivity contribution is 6.01. The minimum Gasteiger partial charge on any atom is -0.472 e. The summed E-state index contributed by atoms with van der Waals surface area (Å²) in [7, 11) is 1.25. The maximum absolute atomic E-state index is 13.9. The molecule has 3 aliphatic rings. The molecule has 3 heterocycles. The Morgan fingerprint density at radius 1 is 1.40 bits per heavy atom. The smallest absolute Gasteiger partial charge is 0.471 e. The molecule has 1 aliphatic carbocycles. The zero-order chi connectivity index (χ0) is 29.2. The Morgan fingerprint density at radius 2 is 2.12 bits per heavy atom. The third-order valence-corrected chi connectivity index (χ3v) is 7.18. The number of anilines is 1. The third-order valence-electron chi connectivity index (χ3n) is 7.18. The fourth-order valence-electron chi connectivity index (χ4n) is 4.84. The van der Waals surface area contributed by atoms with Crippen molar-refractivity contribution >= 4 is 29.4 Å². The number of amides is 4. The minimum absolute atomic E-state index is 0.0697. The quantitative estimate of drug-likeness (QED) is 0.449. The van der Waals surface area contributed by atoms with Gasteiger partial charge in [-0.25, -0.2) is 4.98 Å². The van der Waals surface area contributed by atoms with Crippen LogP contribution >= 0.6 is 0 Å². The number of hydrogen-bond acceptors (Lipinski definition) is 8. The van der Waals surface area contributed by atoms with Crippen molar-refractivity contribution < 1.29 is 41.8 Å². The number of rotatable bonds is 9. The normalized spacial score (nSPS) is 23.4. The summed E-state index contributed by atoms with van der Waals surface area (Å²) in [6.45, 7) is 0.807. The summed E-state index contributed by atoms with van der Waals surface area (Å²) in [5.41, 5.74) is -1.57. The molecule has 216 valence electrons. The van der Waals surface area contributed by atoms with Crippen LogP contribution in [0.25, 0.3) is 0 Å². The summed E-state index contributed by atoms with van der Waals surface area (Å²) in [6, 6.07) is 1.26. The maximum atomic E-state index is 13.9. The van der Waals surface area contributed by atoms with Crippen molar-refractivity contribution in [1.82, 2.24) is 20.1 Å². The summed E-state index contributed by atoms with van der Waals surface area (Å²) in [4.78, 5) is 58.1. The number of carbonyl (C=O) groups is 4. The molecule has 1 aromatic rings. The van der Waals surface area contributed by atoms with Crippen LogP contribution in [0.4, 0.5) is 19.0 Å². The first-order valence-electron chi connectivity index (χ1n) is 12.8. The van der Waals surface area contributed by atoms with Gasteiger partial charge in [0.05, 0.1) is 19.2 Å². The minimum atomic E-state index is -5.23. The van der Waals surface area contributed by atoms with Crippen LogP contribution in [0.3, 0.4) is 0 Å². The van der Waals surface area contributed by atoms with Crippen LogP contribution in [0.15, 0.2) is 18.3 Å². The lowest BCUT2D eigenvalue weighted by atomic mass is 9.97. The van der Waals surface area contributed by atoms with Gasteiger partial charge in [-0.15, -0.1) is 0 Å². The van der Waals surface area contributed by atoms with E-state index in [2.05, 4.69) is 10.3 Å². The number of ether oxygens (including phenoxy) is 2.